The van der Waals surface area contributed by atoms with Crippen LogP contribution in [0.15, 0.2) is 48.6 Å². The summed E-state index contributed by atoms with van der Waals surface area (Å²) in [5.41, 5.74) is 12.5. The number of hydrogen-bond acceptors (Lipinski definition) is 6. The van der Waals surface area contributed by atoms with Crippen LogP contribution in [0.2, 0.25) is 0 Å². The maximum absolute atomic E-state index is 11.5. The van der Waals surface area contributed by atoms with Gasteiger partial charge >= 0.3 is 11.9 Å². The standard InChI is InChI=1S/C16H18N2O4/c17-10-14(19)21-16(22-15(20)11-18)8-6-13(7-9-16)12-4-2-1-3-5-12/h1-8H,9-11,17-18H2. The lowest BCUT2D eigenvalue weighted by Gasteiger charge is -2.31. The van der Waals surface area contributed by atoms with Gasteiger partial charge in [-0.25, -0.2) is 0 Å². The normalized spacial score (nSPS) is 15.8. The molecule has 1 aromatic carbocycles. The number of benzene rings is 1. The largest absolute Gasteiger partial charge is 0.417 e. The summed E-state index contributed by atoms with van der Waals surface area (Å²) in [5.74, 6) is -2.80. The van der Waals surface area contributed by atoms with Crippen molar-refractivity contribution in [1.29, 1.82) is 0 Å². The molecular weight excluding hydrogens is 284 g/mol. The van der Waals surface area contributed by atoms with Crippen LogP contribution in [-0.4, -0.2) is 30.8 Å². The minimum Gasteiger partial charge on any atom is -0.417 e. The molecule has 116 valence electrons. The van der Waals surface area contributed by atoms with Crippen molar-refractivity contribution in [2.24, 2.45) is 11.5 Å². The van der Waals surface area contributed by atoms with Gasteiger partial charge in [0.15, 0.2) is 0 Å². The summed E-state index contributed by atoms with van der Waals surface area (Å²) in [4.78, 5) is 23.0. The number of allylic oxidation sites excluding steroid dienone is 2. The third-order valence-corrected chi connectivity index (χ3v) is 3.14. The first-order valence-corrected chi connectivity index (χ1v) is 6.87. The molecule has 0 radical (unpaired) electrons. The van der Waals surface area contributed by atoms with E-state index in [1.807, 2.05) is 36.4 Å². The molecule has 0 bridgehead atoms. The highest BCUT2D eigenvalue weighted by Crippen LogP contribution is 2.30. The molecule has 2 rings (SSSR count). The average Bonchev–Trinajstić information content (AvgIpc) is 2.56. The van der Waals surface area contributed by atoms with Crippen molar-refractivity contribution in [3.63, 3.8) is 0 Å². The van der Waals surface area contributed by atoms with Crippen LogP contribution >= 0.6 is 0 Å². The van der Waals surface area contributed by atoms with Crippen LogP contribution in [-0.2, 0) is 19.1 Å². The molecule has 1 aromatic rings. The molecule has 6 heteroatoms. The third-order valence-electron chi connectivity index (χ3n) is 3.14. The maximum Gasteiger partial charge on any atom is 0.323 e. The number of esters is 2. The Morgan fingerprint density at radius 2 is 1.64 bits per heavy atom. The van der Waals surface area contributed by atoms with E-state index in [1.165, 1.54) is 6.08 Å². The van der Waals surface area contributed by atoms with E-state index in [0.29, 0.717) is 0 Å². The van der Waals surface area contributed by atoms with E-state index in [4.69, 9.17) is 20.9 Å². The van der Waals surface area contributed by atoms with E-state index in [1.54, 1.807) is 6.08 Å². The highest BCUT2D eigenvalue weighted by atomic mass is 16.7. The molecule has 0 aromatic heterocycles. The average molecular weight is 302 g/mol. The van der Waals surface area contributed by atoms with Gasteiger partial charge in [0.1, 0.15) is 0 Å². The van der Waals surface area contributed by atoms with Gasteiger partial charge < -0.3 is 20.9 Å². The van der Waals surface area contributed by atoms with E-state index in [-0.39, 0.29) is 19.5 Å². The molecule has 1 aliphatic rings. The summed E-state index contributed by atoms with van der Waals surface area (Å²) in [7, 11) is 0. The van der Waals surface area contributed by atoms with Gasteiger partial charge in [-0.3, -0.25) is 9.59 Å². The van der Waals surface area contributed by atoms with Crippen molar-refractivity contribution in [3.8, 4) is 0 Å². The van der Waals surface area contributed by atoms with E-state index < -0.39 is 17.7 Å². The highest BCUT2D eigenvalue weighted by molar-refractivity contribution is 5.78. The molecule has 0 atom stereocenters. The fourth-order valence-electron chi connectivity index (χ4n) is 2.09. The quantitative estimate of drug-likeness (QED) is 0.613. The van der Waals surface area contributed by atoms with Gasteiger partial charge in [0.25, 0.3) is 5.79 Å². The molecule has 1 aliphatic carbocycles. The zero-order valence-electron chi connectivity index (χ0n) is 12.0. The summed E-state index contributed by atoms with van der Waals surface area (Å²) >= 11 is 0. The Hall–Kier alpha value is -2.44. The minimum atomic E-state index is -1.48. The van der Waals surface area contributed by atoms with Gasteiger partial charge in [-0.15, -0.1) is 0 Å². The van der Waals surface area contributed by atoms with Crippen LogP contribution in [0.25, 0.3) is 5.57 Å². The molecule has 0 amide bonds. The molecule has 0 fully saturated rings. The zero-order valence-corrected chi connectivity index (χ0v) is 12.0. The second-order valence-electron chi connectivity index (χ2n) is 4.73. The van der Waals surface area contributed by atoms with E-state index in [0.717, 1.165) is 11.1 Å². The summed E-state index contributed by atoms with van der Waals surface area (Å²) in [5, 5.41) is 0. The summed E-state index contributed by atoms with van der Waals surface area (Å²) in [6, 6.07) is 9.69. The van der Waals surface area contributed by atoms with Crippen molar-refractivity contribution in [2.75, 3.05) is 13.1 Å². The molecule has 22 heavy (non-hydrogen) atoms. The van der Waals surface area contributed by atoms with E-state index >= 15 is 0 Å². The van der Waals surface area contributed by atoms with Crippen molar-refractivity contribution in [3.05, 3.63) is 54.1 Å². The van der Waals surface area contributed by atoms with E-state index in [2.05, 4.69) is 0 Å². The first-order chi connectivity index (χ1) is 10.6. The van der Waals surface area contributed by atoms with Crippen LogP contribution in [0, 0.1) is 0 Å². The predicted molar refractivity (Wildman–Crippen MR) is 81.2 cm³/mol. The molecule has 0 aliphatic heterocycles. The number of carbonyl (C=O) groups is 2. The number of ether oxygens (including phenoxy) is 2. The number of hydrogen-bond donors (Lipinski definition) is 2. The Bertz CT molecular complexity index is 590. The van der Waals surface area contributed by atoms with Gasteiger partial charge in [-0.05, 0) is 11.1 Å². The van der Waals surface area contributed by atoms with Gasteiger partial charge in [0.05, 0.1) is 13.1 Å². The van der Waals surface area contributed by atoms with E-state index in [9.17, 15) is 9.59 Å². The lowest BCUT2D eigenvalue weighted by atomic mass is 9.96. The molecule has 6 nitrogen and oxygen atoms in total. The molecule has 0 heterocycles. The van der Waals surface area contributed by atoms with Crippen molar-refractivity contribution >= 4 is 17.5 Å². The topological polar surface area (TPSA) is 105 Å². The second kappa shape index (κ2) is 7.02. The smallest absolute Gasteiger partial charge is 0.323 e. The Kier molecular flexibility index (Phi) is 5.08. The third kappa shape index (κ3) is 3.81. The van der Waals surface area contributed by atoms with Crippen LogP contribution in [0.3, 0.4) is 0 Å². The van der Waals surface area contributed by atoms with Gasteiger partial charge in [-0.1, -0.05) is 42.5 Å². The van der Waals surface area contributed by atoms with Crippen LogP contribution in [0.1, 0.15) is 12.0 Å². The number of nitrogens with two attached hydrogens (primary N) is 2. The van der Waals surface area contributed by atoms with Gasteiger partial charge in [-0.2, -0.15) is 0 Å². The SMILES string of the molecule is NCC(=O)OC1(OC(=O)CN)C=CC(c2ccccc2)=CC1. The Morgan fingerprint density at radius 1 is 1.05 bits per heavy atom. The highest BCUT2D eigenvalue weighted by Gasteiger charge is 2.36. The predicted octanol–water partition coefficient (Wildman–Crippen LogP) is 0.730. The summed E-state index contributed by atoms with van der Waals surface area (Å²) in [6.45, 7) is -0.601. The number of rotatable bonds is 5. The molecule has 4 N–H and O–H groups in total. The Labute approximate surface area is 128 Å². The summed E-state index contributed by atoms with van der Waals surface area (Å²) in [6.07, 6.45) is 5.32. The fourth-order valence-corrected chi connectivity index (χ4v) is 2.09. The zero-order chi connectivity index (χ0) is 16.0. The molecule has 0 saturated carbocycles. The van der Waals surface area contributed by atoms with Crippen molar-refractivity contribution < 1.29 is 19.1 Å². The van der Waals surface area contributed by atoms with Gasteiger partial charge in [0.2, 0.25) is 0 Å². The monoisotopic (exact) mass is 302 g/mol. The Morgan fingerprint density at radius 3 is 2.09 bits per heavy atom. The molecule has 0 spiro atoms. The lowest BCUT2D eigenvalue weighted by Crippen LogP contribution is -2.42. The molecule has 0 saturated heterocycles. The van der Waals surface area contributed by atoms with Crippen LogP contribution < -0.4 is 11.5 Å². The van der Waals surface area contributed by atoms with Crippen LogP contribution in [0.4, 0.5) is 0 Å². The molecular formula is C16H18N2O4. The first kappa shape index (κ1) is 15.9. The van der Waals surface area contributed by atoms with Crippen LogP contribution in [0.5, 0.6) is 0 Å². The number of carbonyl (C=O) groups excluding carboxylic acids is 2. The maximum atomic E-state index is 11.5. The second-order valence-corrected chi connectivity index (χ2v) is 4.73. The first-order valence-electron chi connectivity index (χ1n) is 6.87. The fraction of sp³-hybridized carbons (Fsp3) is 0.250. The van der Waals surface area contributed by atoms with Crippen molar-refractivity contribution in [1.82, 2.24) is 0 Å². The molecule has 0 unspecified atom stereocenters. The lowest BCUT2D eigenvalue weighted by molar-refractivity contribution is -0.209. The summed E-state index contributed by atoms with van der Waals surface area (Å²) < 4.78 is 10.4. The minimum absolute atomic E-state index is 0.200. The van der Waals surface area contributed by atoms with Gasteiger partial charge in [0, 0.05) is 12.5 Å². The Balaban J connectivity index is 2.20. The van der Waals surface area contributed by atoms with Crippen molar-refractivity contribution in [2.45, 2.75) is 12.2 Å².